The Balaban J connectivity index is 1.27. The van der Waals surface area contributed by atoms with Crippen molar-refractivity contribution in [2.24, 2.45) is 5.92 Å². The third kappa shape index (κ3) is 2.45. The number of fused-ring (bicyclic) bond motifs is 2. The third-order valence-electron chi connectivity index (χ3n) is 7.10. The molecule has 6 rings (SSSR count). The lowest BCUT2D eigenvalue weighted by Crippen LogP contribution is -2.56. The lowest BCUT2D eigenvalue weighted by atomic mass is 9.81. The molecule has 1 amide bonds. The van der Waals surface area contributed by atoms with Crippen molar-refractivity contribution in [3.05, 3.63) is 60.4 Å². The van der Waals surface area contributed by atoms with Gasteiger partial charge in [-0.3, -0.25) is 4.79 Å². The molecule has 0 radical (unpaired) electrons. The van der Waals surface area contributed by atoms with Crippen LogP contribution in [0.5, 0.6) is 0 Å². The molecule has 0 aliphatic carbocycles. The highest BCUT2D eigenvalue weighted by atomic mass is 16.6. The highest BCUT2D eigenvalue weighted by molar-refractivity contribution is 5.88. The molecule has 0 bridgehead atoms. The molecule has 5 heterocycles. The van der Waals surface area contributed by atoms with Crippen molar-refractivity contribution >= 4 is 17.4 Å². The molecule has 3 aliphatic rings. The first-order valence-corrected chi connectivity index (χ1v) is 10.8. The van der Waals surface area contributed by atoms with E-state index in [0.717, 1.165) is 37.4 Å². The van der Waals surface area contributed by atoms with Gasteiger partial charge in [0, 0.05) is 37.7 Å². The normalized spacial score (nSPS) is 31.1. The maximum absolute atomic E-state index is 13.7. The molecule has 7 nitrogen and oxygen atoms in total. The molecule has 0 N–H and O–H groups in total. The Labute approximate surface area is 175 Å². The van der Waals surface area contributed by atoms with Crippen LogP contribution < -0.4 is 4.90 Å². The van der Waals surface area contributed by atoms with Gasteiger partial charge in [0.25, 0.3) is 5.91 Å². The second-order valence-electron chi connectivity index (χ2n) is 8.68. The first-order chi connectivity index (χ1) is 14.7. The number of rotatable bonds is 2. The molecule has 3 fully saturated rings. The van der Waals surface area contributed by atoms with E-state index in [2.05, 4.69) is 34.0 Å². The summed E-state index contributed by atoms with van der Waals surface area (Å²) in [6, 6.07) is 14.4. The molecule has 154 valence electrons. The first-order valence-electron chi connectivity index (χ1n) is 10.8. The van der Waals surface area contributed by atoms with Crippen LogP contribution in [0.3, 0.4) is 0 Å². The van der Waals surface area contributed by atoms with E-state index in [0.29, 0.717) is 6.42 Å². The summed E-state index contributed by atoms with van der Waals surface area (Å²) in [7, 11) is 0. The fraction of sp³-hybridized carbons (Fsp3) is 0.435. The molecule has 2 aromatic heterocycles. The van der Waals surface area contributed by atoms with Gasteiger partial charge in [-0.2, -0.15) is 9.61 Å². The second kappa shape index (κ2) is 6.54. The van der Waals surface area contributed by atoms with Gasteiger partial charge in [-0.05, 0) is 24.5 Å². The van der Waals surface area contributed by atoms with E-state index in [1.807, 2.05) is 45.9 Å². The van der Waals surface area contributed by atoms with Crippen molar-refractivity contribution in [2.75, 3.05) is 18.0 Å². The minimum atomic E-state index is -0.717. The number of benzene rings is 1. The Kier molecular flexibility index (Phi) is 3.90. The summed E-state index contributed by atoms with van der Waals surface area (Å²) in [5.41, 5.74) is 1.32. The molecule has 3 aromatic rings. The average Bonchev–Trinajstić information content (AvgIpc) is 3.47. The molecule has 3 saturated heterocycles. The summed E-state index contributed by atoms with van der Waals surface area (Å²) in [5, 5.41) is 4.42. The van der Waals surface area contributed by atoms with Crippen molar-refractivity contribution in [2.45, 2.75) is 44.1 Å². The number of aromatic nitrogens is 3. The summed E-state index contributed by atoms with van der Waals surface area (Å²) in [6.45, 7) is 3.65. The molecular formula is C23H25N5O2. The van der Waals surface area contributed by atoms with Crippen LogP contribution in [0.2, 0.25) is 0 Å². The van der Waals surface area contributed by atoms with Gasteiger partial charge in [0.1, 0.15) is 12.0 Å². The topological polar surface area (TPSA) is 63.0 Å². The SMILES string of the molecule is CC1CN(c2ccnc3ccnn23)CC[C@@]12O[C@@H]1CC[C@@H](c3ccccc3)N1C2=O. The van der Waals surface area contributed by atoms with Crippen LogP contribution in [0.15, 0.2) is 54.9 Å². The number of hydrogen-bond acceptors (Lipinski definition) is 5. The van der Waals surface area contributed by atoms with E-state index in [-0.39, 0.29) is 24.1 Å². The average molecular weight is 403 g/mol. The number of piperidine rings is 1. The van der Waals surface area contributed by atoms with Gasteiger partial charge in [-0.25, -0.2) is 4.98 Å². The largest absolute Gasteiger partial charge is 0.356 e. The second-order valence-corrected chi connectivity index (χ2v) is 8.68. The highest BCUT2D eigenvalue weighted by Gasteiger charge is 2.60. The number of amides is 1. The lowest BCUT2D eigenvalue weighted by molar-refractivity contribution is -0.145. The number of anilines is 1. The summed E-state index contributed by atoms with van der Waals surface area (Å²) in [6.07, 6.45) is 6.04. The van der Waals surface area contributed by atoms with Gasteiger partial charge in [-0.1, -0.05) is 37.3 Å². The molecule has 3 aliphatic heterocycles. The van der Waals surface area contributed by atoms with Crippen LogP contribution >= 0.6 is 0 Å². The minimum Gasteiger partial charge on any atom is -0.356 e. The van der Waals surface area contributed by atoms with E-state index in [9.17, 15) is 4.79 Å². The summed E-state index contributed by atoms with van der Waals surface area (Å²) in [4.78, 5) is 22.4. The van der Waals surface area contributed by atoms with Crippen LogP contribution in [0.4, 0.5) is 5.82 Å². The predicted molar refractivity (Wildman–Crippen MR) is 112 cm³/mol. The number of hydrogen-bond donors (Lipinski definition) is 0. The van der Waals surface area contributed by atoms with Gasteiger partial charge in [0.15, 0.2) is 11.2 Å². The fourth-order valence-corrected chi connectivity index (χ4v) is 5.56. The summed E-state index contributed by atoms with van der Waals surface area (Å²) >= 11 is 0. The number of ether oxygens (including phenoxy) is 1. The maximum atomic E-state index is 13.7. The van der Waals surface area contributed by atoms with E-state index in [1.54, 1.807) is 6.20 Å². The van der Waals surface area contributed by atoms with E-state index >= 15 is 0 Å². The van der Waals surface area contributed by atoms with Crippen LogP contribution in [0.25, 0.3) is 5.65 Å². The Hall–Kier alpha value is -2.93. The molecule has 4 atom stereocenters. The number of carbonyl (C=O) groups excluding carboxylic acids is 1. The predicted octanol–water partition coefficient (Wildman–Crippen LogP) is 3.03. The van der Waals surface area contributed by atoms with Crippen molar-refractivity contribution in [3.63, 3.8) is 0 Å². The lowest BCUT2D eigenvalue weighted by Gasteiger charge is -2.43. The molecule has 7 heteroatoms. The van der Waals surface area contributed by atoms with Gasteiger partial charge in [-0.15, -0.1) is 0 Å². The molecular weight excluding hydrogens is 378 g/mol. The zero-order valence-electron chi connectivity index (χ0n) is 17.0. The molecule has 1 spiro atoms. The van der Waals surface area contributed by atoms with Crippen LogP contribution in [0.1, 0.15) is 37.8 Å². The molecule has 0 saturated carbocycles. The Bertz CT molecular complexity index is 1100. The number of carbonyl (C=O) groups is 1. The monoisotopic (exact) mass is 403 g/mol. The zero-order valence-corrected chi connectivity index (χ0v) is 17.0. The van der Waals surface area contributed by atoms with Crippen LogP contribution in [0, 0.1) is 5.92 Å². The summed E-state index contributed by atoms with van der Waals surface area (Å²) in [5.74, 6) is 1.27. The first kappa shape index (κ1) is 17.9. The minimum absolute atomic E-state index is 0.0829. The quantitative estimate of drug-likeness (QED) is 0.658. The molecule has 1 aromatic carbocycles. The standard InChI is InChI=1S/C23H25N5O2/c1-16-15-26(20-10-12-24-19-9-13-25-28(19)20)14-11-23(16)22(29)27-18(7-8-21(27)30-23)17-5-3-2-4-6-17/h2-6,9-10,12-13,16,18,21H,7-8,11,14-15H2,1H3/t16?,18-,21+,23+/m0/s1. The number of nitrogens with zero attached hydrogens (tertiary/aromatic N) is 5. The van der Waals surface area contributed by atoms with Gasteiger partial charge < -0.3 is 14.5 Å². The summed E-state index contributed by atoms with van der Waals surface area (Å²) < 4.78 is 8.43. The third-order valence-corrected chi connectivity index (χ3v) is 7.10. The van der Waals surface area contributed by atoms with Crippen molar-refractivity contribution in [3.8, 4) is 0 Å². The fourth-order valence-electron chi connectivity index (χ4n) is 5.56. The van der Waals surface area contributed by atoms with Crippen molar-refractivity contribution in [1.82, 2.24) is 19.5 Å². The van der Waals surface area contributed by atoms with Crippen LogP contribution in [-0.4, -0.2) is 50.3 Å². The van der Waals surface area contributed by atoms with Gasteiger partial charge in [0.2, 0.25) is 0 Å². The molecule has 30 heavy (non-hydrogen) atoms. The smallest absolute Gasteiger partial charge is 0.257 e. The van der Waals surface area contributed by atoms with Crippen molar-refractivity contribution < 1.29 is 9.53 Å². The van der Waals surface area contributed by atoms with Gasteiger partial charge in [0.05, 0.1) is 12.2 Å². The van der Waals surface area contributed by atoms with Crippen molar-refractivity contribution in [1.29, 1.82) is 0 Å². The highest BCUT2D eigenvalue weighted by Crippen LogP contribution is 2.49. The Morgan fingerprint density at radius 2 is 1.97 bits per heavy atom. The van der Waals surface area contributed by atoms with E-state index in [4.69, 9.17) is 4.74 Å². The van der Waals surface area contributed by atoms with Gasteiger partial charge >= 0.3 is 0 Å². The van der Waals surface area contributed by atoms with E-state index in [1.165, 1.54) is 5.56 Å². The maximum Gasteiger partial charge on any atom is 0.257 e. The zero-order chi connectivity index (χ0) is 20.3. The van der Waals surface area contributed by atoms with E-state index < -0.39 is 5.60 Å². The Morgan fingerprint density at radius 1 is 1.10 bits per heavy atom. The van der Waals surface area contributed by atoms with Crippen LogP contribution in [-0.2, 0) is 9.53 Å². The molecule has 1 unspecified atom stereocenters. The Morgan fingerprint density at radius 3 is 2.80 bits per heavy atom.